The predicted molar refractivity (Wildman–Crippen MR) is 111 cm³/mol. The van der Waals surface area contributed by atoms with Crippen LogP contribution in [-0.2, 0) is 7.05 Å². The zero-order chi connectivity index (χ0) is 21.3. The maximum absolute atomic E-state index is 14.1. The summed E-state index contributed by atoms with van der Waals surface area (Å²) in [7, 11) is 1.76. The monoisotopic (exact) mass is 424 g/mol. The highest BCUT2D eigenvalue weighted by molar-refractivity contribution is 6.29. The fourth-order valence-corrected chi connectivity index (χ4v) is 3.18. The number of rotatable bonds is 5. The minimum absolute atomic E-state index is 0.0923. The normalized spacial score (nSPS) is 10.8. The van der Waals surface area contributed by atoms with E-state index in [1.54, 1.807) is 36.3 Å². The number of nitrogens with zero attached hydrogens (tertiary/aromatic N) is 5. The summed E-state index contributed by atoms with van der Waals surface area (Å²) >= 11 is 6.08. The number of aromatic nitrogens is 4. The molecular formula is C20H14ClFN6O2. The summed E-state index contributed by atoms with van der Waals surface area (Å²) in [6.45, 7) is 0. The average Bonchev–Trinajstić information content (AvgIpc) is 3.14. The Morgan fingerprint density at radius 3 is 2.70 bits per heavy atom. The highest BCUT2D eigenvalue weighted by atomic mass is 35.5. The SMILES string of the molecule is Cn1cc(-c2ccc(Nc3cc(-c4ncccc4F)cc(Cl)n3)c([N+](=O)[O-])c2)cn1. The zero-order valence-corrected chi connectivity index (χ0v) is 16.3. The molecule has 0 unspecified atom stereocenters. The van der Waals surface area contributed by atoms with Crippen LogP contribution in [0.4, 0.5) is 21.6 Å². The first-order valence-electron chi connectivity index (χ1n) is 8.73. The highest BCUT2D eigenvalue weighted by Crippen LogP contribution is 2.33. The number of halogens is 2. The fourth-order valence-electron chi connectivity index (χ4n) is 2.97. The number of nitro benzene ring substituents is 1. The molecule has 30 heavy (non-hydrogen) atoms. The highest BCUT2D eigenvalue weighted by Gasteiger charge is 2.18. The third-order valence-corrected chi connectivity index (χ3v) is 4.52. The molecule has 3 aromatic heterocycles. The van der Waals surface area contributed by atoms with Gasteiger partial charge in [-0.1, -0.05) is 17.7 Å². The van der Waals surface area contributed by atoms with Crippen LogP contribution in [0.15, 0.2) is 61.1 Å². The maximum atomic E-state index is 14.1. The molecule has 0 aliphatic rings. The molecule has 0 saturated heterocycles. The van der Waals surface area contributed by atoms with Gasteiger partial charge in [0.25, 0.3) is 5.69 Å². The molecule has 10 heteroatoms. The van der Waals surface area contributed by atoms with Crippen molar-refractivity contribution in [2.45, 2.75) is 0 Å². The van der Waals surface area contributed by atoms with Crippen molar-refractivity contribution >= 4 is 28.8 Å². The van der Waals surface area contributed by atoms with Crippen LogP contribution in [0.2, 0.25) is 5.15 Å². The van der Waals surface area contributed by atoms with Crippen molar-refractivity contribution in [2.24, 2.45) is 7.05 Å². The minimum atomic E-state index is -0.516. The third kappa shape index (κ3) is 3.96. The number of aryl methyl sites for hydroxylation is 1. The van der Waals surface area contributed by atoms with Gasteiger partial charge >= 0.3 is 0 Å². The number of nitrogens with one attached hydrogen (secondary N) is 1. The molecule has 4 aromatic rings. The Labute approximate surface area is 175 Å². The Morgan fingerprint density at radius 2 is 2.00 bits per heavy atom. The van der Waals surface area contributed by atoms with Gasteiger partial charge in [-0.15, -0.1) is 0 Å². The van der Waals surface area contributed by atoms with Crippen LogP contribution < -0.4 is 5.32 Å². The largest absolute Gasteiger partial charge is 0.335 e. The molecule has 0 radical (unpaired) electrons. The molecule has 0 spiro atoms. The quantitative estimate of drug-likeness (QED) is 0.275. The number of pyridine rings is 2. The van der Waals surface area contributed by atoms with Gasteiger partial charge in [-0.25, -0.2) is 9.37 Å². The predicted octanol–water partition coefficient (Wildman–Crippen LogP) is 4.99. The van der Waals surface area contributed by atoms with Crippen LogP contribution in [0.3, 0.4) is 0 Å². The maximum Gasteiger partial charge on any atom is 0.293 e. The van der Waals surface area contributed by atoms with Crippen LogP contribution in [0, 0.1) is 15.9 Å². The van der Waals surface area contributed by atoms with E-state index in [-0.39, 0.29) is 28.0 Å². The summed E-state index contributed by atoms with van der Waals surface area (Å²) < 4.78 is 15.7. The van der Waals surface area contributed by atoms with Crippen LogP contribution >= 0.6 is 11.6 Å². The zero-order valence-electron chi connectivity index (χ0n) is 15.6. The molecule has 0 aliphatic carbocycles. The van der Waals surface area contributed by atoms with E-state index in [9.17, 15) is 14.5 Å². The smallest absolute Gasteiger partial charge is 0.293 e. The fraction of sp³-hybridized carbons (Fsp3) is 0.0500. The first kappa shape index (κ1) is 19.5. The molecule has 1 N–H and O–H groups in total. The number of anilines is 2. The Bertz CT molecular complexity index is 1260. The van der Waals surface area contributed by atoms with Crippen LogP contribution in [-0.4, -0.2) is 24.7 Å². The van der Waals surface area contributed by atoms with Crippen molar-refractivity contribution in [3.8, 4) is 22.4 Å². The van der Waals surface area contributed by atoms with Gasteiger partial charge in [0.15, 0.2) is 0 Å². The van der Waals surface area contributed by atoms with E-state index < -0.39 is 10.7 Å². The van der Waals surface area contributed by atoms with Crippen molar-refractivity contribution in [2.75, 3.05) is 5.32 Å². The van der Waals surface area contributed by atoms with E-state index in [4.69, 9.17) is 11.6 Å². The van der Waals surface area contributed by atoms with Gasteiger partial charge in [-0.2, -0.15) is 5.10 Å². The van der Waals surface area contributed by atoms with Crippen LogP contribution in [0.1, 0.15) is 0 Å². The van der Waals surface area contributed by atoms with E-state index >= 15 is 0 Å². The van der Waals surface area contributed by atoms with Gasteiger partial charge in [-0.3, -0.25) is 19.8 Å². The average molecular weight is 425 g/mol. The van der Waals surface area contributed by atoms with Gasteiger partial charge in [-0.05, 0) is 35.9 Å². The van der Waals surface area contributed by atoms with Gasteiger partial charge in [0, 0.05) is 36.6 Å². The van der Waals surface area contributed by atoms with Crippen molar-refractivity contribution in [1.29, 1.82) is 0 Å². The van der Waals surface area contributed by atoms with Gasteiger partial charge < -0.3 is 5.32 Å². The van der Waals surface area contributed by atoms with Crippen molar-refractivity contribution in [3.05, 3.63) is 82.1 Å². The molecule has 0 fully saturated rings. The third-order valence-electron chi connectivity index (χ3n) is 4.32. The van der Waals surface area contributed by atoms with Gasteiger partial charge in [0.1, 0.15) is 28.2 Å². The van der Waals surface area contributed by atoms with Crippen molar-refractivity contribution < 1.29 is 9.31 Å². The number of nitro groups is 1. The molecule has 0 bridgehead atoms. The van der Waals surface area contributed by atoms with Gasteiger partial charge in [0.05, 0.1) is 11.1 Å². The van der Waals surface area contributed by atoms with E-state index in [2.05, 4.69) is 20.4 Å². The van der Waals surface area contributed by atoms with Gasteiger partial charge in [0.2, 0.25) is 0 Å². The minimum Gasteiger partial charge on any atom is -0.335 e. The lowest BCUT2D eigenvalue weighted by atomic mass is 10.1. The second-order valence-electron chi connectivity index (χ2n) is 6.41. The lowest BCUT2D eigenvalue weighted by Crippen LogP contribution is -2.00. The Morgan fingerprint density at radius 1 is 1.17 bits per heavy atom. The van der Waals surface area contributed by atoms with E-state index in [1.807, 2.05) is 0 Å². The number of hydrogen-bond acceptors (Lipinski definition) is 6. The van der Waals surface area contributed by atoms with Crippen LogP contribution in [0.25, 0.3) is 22.4 Å². The molecule has 4 rings (SSSR count). The molecule has 1 aromatic carbocycles. The number of benzene rings is 1. The molecule has 3 heterocycles. The second kappa shape index (κ2) is 7.88. The number of hydrogen-bond donors (Lipinski definition) is 1. The molecule has 8 nitrogen and oxygen atoms in total. The Kier molecular flexibility index (Phi) is 5.11. The van der Waals surface area contributed by atoms with E-state index in [0.717, 1.165) is 5.56 Å². The van der Waals surface area contributed by atoms with Crippen molar-refractivity contribution in [3.63, 3.8) is 0 Å². The summed E-state index contributed by atoms with van der Waals surface area (Å²) in [5.41, 5.74) is 1.96. The topological polar surface area (TPSA) is 98.8 Å². The molecule has 0 aliphatic heterocycles. The second-order valence-corrected chi connectivity index (χ2v) is 6.80. The summed E-state index contributed by atoms with van der Waals surface area (Å²) in [4.78, 5) is 19.3. The van der Waals surface area contributed by atoms with Crippen LogP contribution in [0.5, 0.6) is 0 Å². The summed E-state index contributed by atoms with van der Waals surface area (Å²) in [6, 6.07) is 10.5. The molecule has 150 valence electrons. The molecule has 0 amide bonds. The summed E-state index contributed by atoms with van der Waals surface area (Å²) in [5.74, 6) is -0.294. The molecular weight excluding hydrogens is 411 g/mol. The Balaban J connectivity index is 1.72. The van der Waals surface area contributed by atoms with E-state index in [0.29, 0.717) is 11.1 Å². The first-order chi connectivity index (χ1) is 14.4. The molecule has 0 atom stereocenters. The van der Waals surface area contributed by atoms with E-state index in [1.165, 1.54) is 36.5 Å². The standard InChI is InChI=1S/C20H14ClFN6O2/c1-27-11-14(10-24-27)12-4-5-16(17(7-12)28(29)30)25-19-9-13(8-18(21)26-19)20-15(22)3-2-6-23-20/h2-11H,1H3,(H,25,26). The Hall–Kier alpha value is -3.85. The molecule has 0 saturated carbocycles. The first-order valence-corrected chi connectivity index (χ1v) is 9.11. The van der Waals surface area contributed by atoms with Crippen molar-refractivity contribution in [1.82, 2.24) is 19.7 Å². The summed E-state index contributed by atoms with van der Waals surface area (Å²) in [6.07, 6.45) is 4.85. The lowest BCUT2D eigenvalue weighted by Gasteiger charge is -2.10. The lowest BCUT2D eigenvalue weighted by molar-refractivity contribution is -0.383. The summed E-state index contributed by atoms with van der Waals surface area (Å²) in [5, 5.41) is 18.7.